The molecule has 0 spiro atoms. The van der Waals surface area contributed by atoms with Gasteiger partial charge in [-0.15, -0.1) is 0 Å². The largest absolute Gasteiger partial charge is 0.465 e. The van der Waals surface area contributed by atoms with Gasteiger partial charge in [0.2, 0.25) is 0 Å². The minimum Gasteiger partial charge on any atom is -0.465 e. The Labute approximate surface area is 145 Å². The molecule has 3 aromatic rings. The number of halogens is 1. The SMILES string of the molecule is NC(=O)c1ccc(Br)c2cc(-c3ccccc3CNC(=O)O)[nH]c12. The molecule has 0 unspecified atom stereocenters. The summed E-state index contributed by atoms with van der Waals surface area (Å²) in [5.74, 6) is -0.512. The van der Waals surface area contributed by atoms with Gasteiger partial charge in [0.05, 0.1) is 11.1 Å². The minimum absolute atomic E-state index is 0.185. The number of nitrogens with one attached hydrogen (secondary N) is 2. The van der Waals surface area contributed by atoms with Crippen LogP contribution in [0.1, 0.15) is 15.9 Å². The average molecular weight is 388 g/mol. The topological polar surface area (TPSA) is 108 Å². The molecule has 7 heteroatoms. The molecule has 0 atom stereocenters. The van der Waals surface area contributed by atoms with Gasteiger partial charge in [-0.2, -0.15) is 0 Å². The van der Waals surface area contributed by atoms with Crippen LogP contribution in [0, 0.1) is 0 Å². The van der Waals surface area contributed by atoms with Gasteiger partial charge >= 0.3 is 6.09 Å². The Hall–Kier alpha value is -2.80. The molecule has 1 aromatic heterocycles. The summed E-state index contributed by atoms with van der Waals surface area (Å²) in [6.45, 7) is 0.185. The van der Waals surface area contributed by atoms with E-state index in [4.69, 9.17) is 10.8 Å². The van der Waals surface area contributed by atoms with Gasteiger partial charge in [-0.25, -0.2) is 4.79 Å². The van der Waals surface area contributed by atoms with Crippen LogP contribution < -0.4 is 11.1 Å². The van der Waals surface area contributed by atoms with Crippen LogP contribution in [0.25, 0.3) is 22.2 Å². The normalized spacial score (nSPS) is 10.7. The first kappa shape index (κ1) is 16.1. The number of carboxylic acid groups (broad SMARTS) is 1. The number of hydrogen-bond donors (Lipinski definition) is 4. The summed E-state index contributed by atoms with van der Waals surface area (Å²) in [6, 6.07) is 12.8. The molecule has 2 amide bonds. The highest BCUT2D eigenvalue weighted by Gasteiger charge is 2.14. The number of carbonyl (C=O) groups is 2. The first-order valence-electron chi connectivity index (χ1n) is 7.13. The number of fused-ring (bicyclic) bond motifs is 1. The molecule has 0 fully saturated rings. The van der Waals surface area contributed by atoms with Crippen LogP contribution >= 0.6 is 15.9 Å². The van der Waals surface area contributed by atoms with E-state index in [0.717, 1.165) is 26.7 Å². The van der Waals surface area contributed by atoms with Crippen LogP contribution in [0.15, 0.2) is 46.9 Å². The number of rotatable bonds is 4. The number of carbonyl (C=O) groups excluding carboxylic acids is 1. The van der Waals surface area contributed by atoms with Crippen molar-refractivity contribution in [3.63, 3.8) is 0 Å². The van der Waals surface area contributed by atoms with Crippen LogP contribution in [-0.2, 0) is 6.54 Å². The van der Waals surface area contributed by atoms with Crippen LogP contribution in [0.3, 0.4) is 0 Å². The molecule has 0 saturated heterocycles. The van der Waals surface area contributed by atoms with E-state index in [1.807, 2.05) is 30.3 Å². The van der Waals surface area contributed by atoms with E-state index < -0.39 is 12.0 Å². The molecule has 2 aromatic carbocycles. The third-order valence-corrected chi connectivity index (χ3v) is 4.44. The van der Waals surface area contributed by atoms with Crippen molar-refractivity contribution in [2.45, 2.75) is 6.54 Å². The number of amides is 2. The second kappa shape index (κ2) is 6.37. The summed E-state index contributed by atoms with van der Waals surface area (Å²) in [5, 5.41) is 12.0. The van der Waals surface area contributed by atoms with Crippen LogP contribution in [0.4, 0.5) is 4.79 Å². The lowest BCUT2D eigenvalue weighted by atomic mass is 10.0. The number of aromatic amines is 1. The second-order valence-electron chi connectivity index (χ2n) is 5.25. The number of nitrogens with two attached hydrogens (primary N) is 1. The van der Waals surface area contributed by atoms with Crippen molar-refractivity contribution in [3.05, 3.63) is 58.1 Å². The zero-order chi connectivity index (χ0) is 17.3. The molecule has 24 heavy (non-hydrogen) atoms. The fraction of sp³-hybridized carbons (Fsp3) is 0.0588. The van der Waals surface area contributed by atoms with Gasteiger partial charge in [-0.1, -0.05) is 40.2 Å². The maximum Gasteiger partial charge on any atom is 0.404 e. The van der Waals surface area contributed by atoms with Gasteiger partial charge < -0.3 is 21.1 Å². The maximum absolute atomic E-state index is 11.6. The van der Waals surface area contributed by atoms with Gasteiger partial charge in [-0.3, -0.25) is 4.79 Å². The van der Waals surface area contributed by atoms with Gasteiger partial charge in [0.1, 0.15) is 0 Å². The lowest BCUT2D eigenvalue weighted by Crippen LogP contribution is -2.20. The van der Waals surface area contributed by atoms with E-state index in [2.05, 4.69) is 26.2 Å². The summed E-state index contributed by atoms with van der Waals surface area (Å²) in [7, 11) is 0. The second-order valence-corrected chi connectivity index (χ2v) is 6.10. The van der Waals surface area contributed by atoms with Gasteiger partial charge in [0, 0.05) is 27.7 Å². The van der Waals surface area contributed by atoms with E-state index in [1.54, 1.807) is 12.1 Å². The highest BCUT2D eigenvalue weighted by Crippen LogP contribution is 2.32. The highest BCUT2D eigenvalue weighted by atomic mass is 79.9. The fourth-order valence-corrected chi connectivity index (χ4v) is 3.09. The maximum atomic E-state index is 11.6. The summed E-state index contributed by atoms with van der Waals surface area (Å²) in [5.41, 5.74) is 8.94. The molecule has 0 aliphatic carbocycles. The third-order valence-electron chi connectivity index (χ3n) is 3.74. The molecule has 0 aliphatic rings. The standard InChI is InChI=1S/C17H14BrN3O3/c18-13-6-5-11(16(19)22)15-12(13)7-14(21-15)10-4-2-1-3-9(10)8-20-17(23)24/h1-7,20-21H,8H2,(H2,19,22)(H,23,24). The molecule has 0 radical (unpaired) electrons. The van der Waals surface area contributed by atoms with E-state index in [1.165, 1.54) is 0 Å². The lowest BCUT2D eigenvalue weighted by Gasteiger charge is -2.07. The minimum atomic E-state index is -1.08. The number of primary amides is 1. The van der Waals surface area contributed by atoms with Gasteiger partial charge in [0.15, 0.2) is 0 Å². The van der Waals surface area contributed by atoms with Gasteiger partial charge in [0.25, 0.3) is 5.91 Å². The number of aromatic nitrogens is 1. The van der Waals surface area contributed by atoms with Crippen molar-refractivity contribution in [3.8, 4) is 11.3 Å². The molecule has 3 rings (SSSR count). The zero-order valence-electron chi connectivity index (χ0n) is 12.5. The molecule has 1 heterocycles. The smallest absolute Gasteiger partial charge is 0.404 e. The molecule has 0 saturated carbocycles. The Bertz CT molecular complexity index is 949. The molecule has 5 N–H and O–H groups in total. The fourth-order valence-electron chi connectivity index (χ4n) is 2.64. The number of hydrogen-bond acceptors (Lipinski definition) is 2. The number of benzene rings is 2. The quantitative estimate of drug-likeness (QED) is 0.550. The summed E-state index contributed by atoms with van der Waals surface area (Å²) in [6.07, 6.45) is -1.08. The third kappa shape index (κ3) is 2.98. The van der Waals surface area contributed by atoms with Gasteiger partial charge in [-0.05, 0) is 23.8 Å². The molecule has 122 valence electrons. The monoisotopic (exact) mass is 387 g/mol. The van der Waals surface area contributed by atoms with Crippen molar-refractivity contribution >= 4 is 38.8 Å². The van der Waals surface area contributed by atoms with Crippen molar-refractivity contribution in [1.82, 2.24) is 10.3 Å². The zero-order valence-corrected chi connectivity index (χ0v) is 14.1. The Morgan fingerprint density at radius 3 is 2.67 bits per heavy atom. The van der Waals surface area contributed by atoms with E-state index >= 15 is 0 Å². The summed E-state index contributed by atoms with van der Waals surface area (Å²) >= 11 is 3.47. The summed E-state index contributed by atoms with van der Waals surface area (Å²) < 4.78 is 0.839. The van der Waals surface area contributed by atoms with Crippen molar-refractivity contribution in [2.75, 3.05) is 0 Å². The predicted octanol–water partition coefficient (Wildman–Crippen LogP) is 3.46. The predicted molar refractivity (Wildman–Crippen MR) is 94.8 cm³/mol. The molecular weight excluding hydrogens is 374 g/mol. The van der Waals surface area contributed by atoms with E-state index in [-0.39, 0.29) is 6.54 Å². The van der Waals surface area contributed by atoms with Crippen molar-refractivity contribution in [2.24, 2.45) is 5.73 Å². The van der Waals surface area contributed by atoms with Crippen molar-refractivity contribution < 1.29 is 14.7 Å². The van der Waals surface area contributed by atoms with Crippen molar-refractivity contribution in [1.29, 1.82) is 0 Å². The Kier molecular flexibility index (Phi) is 4.26. The Morgan fingerprint density at radius 2 is 1.96 bits per heavy atom. The Balaban J connectivity index is 2.14. The van der Waals surface area contributed by atoms with E-state index in [9.17, 15) is 9.59 Å². The molecular formula is C17H14BrN3O3. The van der Waals surface area contributed by atoms with Crippen LogP contribution in [0.2, 0.25) is 0 Å². The Morgan fingerprint density at radius 1 is 1.21 bits per heavy atom. The number of H-pyrrole nitrogens is 1. The first-order valence-corrected chi connectivity index (χ1v) is 7.93. The summed E-state index contributed by atoms with van der Waals surface area (Å²) in [4.78, 5) is 25.6. The van der Waals surface area contributed by atoms with Crippen LogP contribution in [-0.4, -0.2) is 22.1 Å². The lowest BCUT2D eigenvalue weighted by molar-refractivity contribution is 0.100. The molecule has 0 bridgehead atoms. The van der Waals surface area contributed by atoms with Crippen LogP contribution in [0.5, 0.6) is 0 Å². The highest BCUT2D eigenvalue weighted by molar-refractivity contribution is 9.10. The molecule has 0 aliphatic heterocycles. The average Bonchev–Trinajstić information content (AvgIpc) is 2.99. The first-order chi connectivity index (χ1) is 11.5. The van der Waals surface area contributed by atoms with E-state index in [0.29, 0.717) is 11.1 Å². The molecule has 6 nitrogen and oxygen atoms in total.